The SMILES string of the molecule is COc1cc(C2C(C#N)=COC3C2=CC=C2C=CN=C23)cc(Br)c1OC. The number of halogens is 1. The van der Waals surface area contributed by atoms with Crippen molar-refractivity contribution in [2.24, 2.45) is 4.99 Å². The van der Waals surface area contributed by atoms with Gasteiger partial charge in [0.05, 0.1) is 42.3 Å². The van der Waals surface area contributed by atoms with Crippen molar-refractivity contribution in [2.75, 3.05) is 14.2 Å². The molecule has 2 aliphatic heterocycles. The van der Waals surface area contributed by atoms with E-state index in [1.54, 1.807) is 26.7 Å². The summed E-state index contributed by atoms with van der Waals surface area (Å²) in [5.41, 5.74) is 4.36. The zero-order valence-corrected chi connectivity index (χ0v) is 15.8. The van der Waals surface area contributed by atoms with Gasteiger partial charge in [0, 0.05) is 17.7 Å². The highest BCUT2D eigenvalue weighted by Crippen LogP contribution is 2.45. The summed E-state index contributed by atoms with van der Waals surface area (Å²) in [7, 11) is 3.18. The summed E-state index contributed by atoms with van der Waals surface area (Å²) in [6.45, 7) is 0. The molecule has 4 rings (SSSR count). The fourth-order valence-electron chi connectivity index (χ4n) is 3.50. The Morgan fingerprint density at radius 1 is 1.23 bits per heavy atom. The second-order valence-corrected chi connectivity index (χ2v) is 6.85. The second kappa shape index (κ2) is 6.50. The molecule has 0 saturated heterocycles. The Bertz CT molecular complexity index is 980. The van der Waals surface area contributed by atoms with E-state index in [-0.39, 0.29) is 12.0 Å². The van der Waals surface area contributed by atoms with Crippen LogP contribution in [0.4, 0.5) is 0 Å². The molecule has 0 saturated carbocycles. The van der Waals surface area contributed by atoms with Gasteiger partial charge in [-0.25, -0.2) is 0 Å². The molecule has 5 nitrogen and oxygen atoms in total. The third-order valence-corrected chi connectivity index (χ3v) is 5.25. The largest absolute Gasteiger partial charge is 0.493 e. The number of hydrogen-bond acceptors (Lipinski definition) is 5. The fourth-order valence-corrected chi connectivity index (χ4v) is 4.12. The molecule has 26 heavy (non-hydrogen) atoms. The third kappa shape index (κ3) is 2.47. The molecule has 1 aliphatic carbocycles. The lowest BCUT2D eigenvalue weighted by molar-refractivity contribution is 0.212. The first kappa shape index (κ1) is 16.7. The van der Waals surface area contributed by atoms with E-state index in [1.165, 1.54) is 0 Å². The van der Waals surface area contributed by atoms with Crippen LogP contribution in [0.5, 0.6) is 11.5 Å². The fraction of sp³-hybridized carbons (Fsp3) is 0.200. The summed E-state index contributed by atoms with van der Waals surface area (Å²) >= 11 is 3.54. The van der Waals surface area contributed by atoms with Gasteiger partial charge in [-0.1, -0.05) is 12.2 Å². The first-order chi connectivity index (χ1) is 12.7. The van der Waals surface area contributed by atoms with Crippen LogP contribution < -0.4 is 9.47 Å². The maximum atomic E-state index is 9.65. The van der Waals surface area contributed by atoms with Crippen LogP contribution in [0, 0.1) is 11.3 Å². The third-order valence-electron chi connectivity index (χ3n) is 4.66. The highest BCUT2D eigenvalue weighted by atomic mass is 79.9. The minimum Gasteiger partial charge on any atom is -0.493 e. The number of rotatable bonds is 3. The topological polar surface area (TPSA) is 63.8 Å². The van der Waals surface area contributed by atoms with Gasteiger partial charge in [-0.2, -0.15) is 5.26 Å². The summed E-state index contributed by atoms with van der Waals surface area (Å²) in [5, 5.41) is 9.65. The van der Waals surface area contributed by atoms with Crippen LogP contribution in [-0.4, -0.2) is 26.0 Å². The number of methoxy groups -OCH3 is 2. The van der Waals surface area contributed by atoms with Gasteiger partial charge < -0.3 is 14.2 Å². The van der Waals surface area contributed by atoms with E-state index in [1.807, 2.05) is 30.4 Å². The van der Waals surface area contributed by atoms with Crippen LogP contribution in [0.3, 0.4) is 0 Å². The number of nitrogens with zero attached hydrogens (tertiary/aromatic N) is 2. The van der Waals surface area contributed by atoms with Crippen LogP contribution in [0.25, 0.3) is 0 Å². The van der Waals surface area contributed by atoms with Crippen LogP contribution in [-0.2, 0) is 4.74 Å². The van der Waals surface area contributed by atoms with E-state index in [9.17, 15) is 5.26 Å². The molecule has 0 aromatic heterocycles. The lowest BCUT2D eigenvalue weighted by atomic mass is 9.77. The van der Waals surface area contributed by atoms with Gasteiger partial charge in [0.15, 0.2) is 17.6 Å². The standard InChI is InChI=1S/C20H15BrN2O3/c1-24-16-8-12(7-15(21)20(16)25-2)17-13(9-22)10-26-19-14(17)4-3-11-5-6-23-18(11)19/h3-8,10,17,19H,1-2H3. The first-order valence-corrected chi connectivity index (χ1v) is 8.80. The predicted molar refractivity (Wildman–Crippen MR) is 101 cm³/mol. The molecule has 1 aromatic rings. The Morgan fingerprint density at radius 2 is 2.08 bits per heavy atom. The number of benzene rings is 1. The van der Waals surface area contributed by atoms with Crippen molar-refractivity contribution in [3.05, 3.63) is 69.6 Å². The van der Waals surface area contributed by atoms with Gasteiger partial charge in [-0.15, -0.1) is 0 Å². The summed E-state index contributed by atoms with van der Waals surface area (Å²) in [6.07, 6.45) is 9.01. The molecule has 0 fully saturated rings. The average molecular weight is 411 g/mol. The normalized spacial score (nSPS) is 22.7. The number of aliphatic imine (C=N–C) groups is 1. The number of fused-ring (bicyclic) bond motifs is 3. The molecule has 0 spiro atoms. The average Bonchev–Trinajstić information content (AvgIpc) is 3.15. The minimum absolute atomic E-state index is 0.240. The Kier molecular flexibility index (Phi) is 4.17. The van der Waals surface area contributed by atoms with Gasteiger partial charge in [0.1, 0.15) is 0 Å². The summed E-state index contributed by atoms with van der Waals surface area (Å²) in [6, 6.07) is 6.11. The van der Waals surface area contributed by atoms with E-state index in [4.69, 9.17) is 14.2 Å². The maximum absolute atomic E-state index is 9.65. The van der Waals surface area contributed by atoms with E-state index >= 15 is 0 Å². The molecule has 0 N–H and O–H groups in total. The summed E-state index contributed by atoms with van der Waals surface area (Å²) in [5.74, 6) is 0.979. The Morgan fingerprint density at radius 3 is 2.81 bits per heavy atom. The molecule has 3 aliphatic rings. The van der Waals surface area contributed by atoms with Gasteiger partial charge >= 0.3 is 0 Å². The van der Waals surface area contributed by atoms with E-state index in [2.05, 4.69) is 27.0 Å². The predicted octanol–water partition coefficient (Wildman–Crippen LogP) is 4.19. The lowest BCUT2D eigenvalue weighted by Crippen LogP contribution is -2.33. The monoisotopic (exact) mass is 410 g/mol. The molecule has 130 valence electrons. The van der Waals surface area contributed by atoms with Crippen molar-refractivity contribution in [1.82, 2.24) is 0 Å². The molecule has 2 heterocycles. The van der Waals surface area contributed by atoms with E-state index < -0.39 is 0 Å². The van der Waals surface area contributed by atoms with E-state index in [0.29, 0.717) is 17.1 Å². The molecule has 0 radical (unpaired) electrons. The molecule has 0 amide bonds. The first-order valence-electron chi connectivity index (χ1n) is 8.01. The quantitative estimate of drug-likeness (QED) is 0.748. The molecule has 6 heteroatoms. The highest BCUT2D eigenvalue weighted by molar-refractivity contribution is 9.10. The maximum Gasteiger partial charge on any atom is 0.174 e. The Balaban J connectivity index is 1.87. The van der Waals surface area contributed by atoms with Crippen molar-refractivity contribution >= 4 is 21.6 Å². The Labute approximate surface area is 159 Å². The van der Waals surface area contributed by atoms with Gasteiger partial charge in [-0.3, -0.25) is 4.99 Å². The number of nitriles is 1. The van der Waals surface area contributed by atoms with Gasteiger partial charge in [0.2, 0.25) is 0 Å². The molecule has 0 bridgehead atoms. The zero-order valence-electron chi connectivity index (χ0n) is 14.2. The lowest BCUT2D eigenvalue weighted by Gasteiger charge is -2.33. The molecular formula is C20H15BrN2O3. The van der Waals surface area contributed by atoms with Crippen molar-refractivity contribution in [1.29, 1.82) is 5.26 Å². The Hall–Kier alpha value is -2.78. The highest BCUT2D eigenvalue weighted by Gasteiger charge is 2.38. The second-order valence-electron chi connectivity index (χ2n) is 5.99. The number of ether oxygens (including phenoxy) is 3. The number of hydrogen-bond donors (Lipinski definition) is 0. The van der Waals surface area contributed by atoms with Crippen molar-refractivity contribution in [2.45, 2.75) is 12.0 Å². The molecule has 2 unspecified atom stereocenters. The minimum atomic E-state index is -0.293. The van der Waals surface area contributed by atoms with Crippen molar-refractivity contribution < 1.29 is 14.2 Å². The molecular weight excluding hydrogens is 396 g/mol. The van der Waals surface area contributed by atoms with Crippen molar-refractivity contribution in [3.63, 3.8) is 0 Å². The van der Waals surface area contributed by atoms with Gasteiger partial charge in [0.25, 0.3) is 0 Å². The van der Waals surface area contributed by atoms with Crippen LogP contribution in [0.2, 0.25) is 0 Å². The summed E-state index contributed by atoms with van der Waals surface area (Å²) < 4.78 is 17.5. The van der Waals surface area contributed by atoms with Crippen LogP contribution in [0.15, 0.2) is 69.0 Å². The van der Waals surface area contributed by atoms with Crippen LogP contribution in [0.1, 0.15) is 11.5 Å². The molecule has 2 atom stereocenters. The smallest absolute Gasteiger partial charge is 0.174 e. The molecule has 1 aromatic carbocycles. The van der Waals surface area contributed by atoms with Gasteiger partial charge in [-0.05, 0) is 45.3 Å². The van der Waals surface area contributed by atoms with Crippen LogP contribution >= 0.6 is 15.9 Å². The zero-order chi connectivity index (χ0) is 18.3. The van der Waals surface area contributed by atoms with E-state index in [0.717, 1.165) is 26.9 Å². The van der Waals surface area contributed by atoms with Crippen molar-refractivity contribution in [3.8, 4) is 17.6 Å². The summed E-state index contributed by atoms with van der Waals surface area (Å²) in [4.78, 5) is 4.44. The number of allylic oxidation sites excluding steroid dienone is 4.